The number of aryl methyl sites for hydroxylation is 1. The third kappa shape index (κ3) is 1.98. The van der Waals surface area contributed by atoms with Crippen LogP contribution in [0.5, 0.6) is 11.5 Å². The third-order valence-corrected chi connectivity index (χ3v) is 4.90. The van der Waals surface area contributed by atoms with Gasteiger partial charge in [0.1, 0.15) is 10.7 Å². The van der Waals surface area contributed by atoms with Gasteiger partial charge in [0.05, 0.1) is 5.52 Å². The summed E-state index contributed by atoms with van der Waals surface area (Å²) in [5, 5.41) is 2.93. The molecule has 1 aromatic carbocycles. The minimum atomic E-state index is 0.273. The zero-order chi connectivity index (χ0) is 16.1. The summed E-state index contributed by atoms with van der Waals surface area (Å²) in [6.45, 7) is 0.273. The molecule has 4 heterocycles. The maximum atomic E-state index is 5.44. The first kappa shape index (κ1) is 13.5. The monoisotopic (exact) mass is 336 g/mol. The van der Waals surface area contributed by atoms with E-state index in [4.69, 9.17) is 14.5 Å². The molecule has 3 aromatic heterocycles. The summed E-state index contributed by atoms with van der Waals surface area (Å²) in [7, 11) is 1.98. The number of nitrogens with zero attached hydrogens (tertiary/aromatic N) is 4. The van der Waals surface area contributed by atoms with Crippen molar-refractivity contribution in [3.63, 3.8) is 0 Å². The van der Waals surface area contributed by atoms with E-state index >= 15 is 0 Å². The molecule has 6 nitrogen and oxygen atoms in total. The lowest BCUT2D eigenvalue weighted by atomic mass is 10.2. The van der Waals surface area contributed by atoms with E-state index in [1.165, 1.54) is 0 Å². The highest BCUT2D eigenvalue weighted by molar-refractivity contribution is 7.13. The fraction of sp³-hybridized carbons (Fsp3) is 0.118. The van der Waals surface area contributed by atoms with Crippen molar-refractivity contribution < 1.29 is 9.47 Å². The minimum Gasteiger partial charge on any atom is -0.454 e. The van der Waals surface area contributed by atoms with Gasteiger partial charge in [0, 0.05) is 24.2 Å². The van der Waals surface area contributed by atoms with Crippen molar-refractivity contribution in [1.82, 2.24) is 19.5 Å². The third-order valence-electron chi connectivity index (χ3n) is 4.01. The fourth-order valence-corrected chi connectivity index (χ4v) is 3.59. The second kappa shape index (κ2) is 5.04. The Labute approximate surface area is 141 Å². The van der Waals surface area contributed by atoms with E-state index in [2.05, 4.69) is 9.97 Å². The molecule has 4 aromatic rings. The largest absolute Gasteiger partial charge is 0.454 e. The standard InChI is InChI=1S/C17H12N4O2S/c1-21-12-3-2-6-18-15(12)20-16(21)11-8-24-17(19-11)10-4-5-13-14(7-10)23-9-22-13/h2-8H,9H2,1H3. The van der Waals surface area contributed by atoms with E-state index in [1.807, 2.05) is 47.3 Å². The van der Waals surface area contributed by atoms with Crippen LogP contribution in [0, 0.1) is 0 Å². The van der Waals surface area contributed by atoms with E-state index in [-0.39, 0.29) is 6.79 Å². The lowest BCUT2D eigenvalue weighted by Gasteiger charge is -2.00. The Morgan fingerprint density at radius 3 is 2.96 bits per heavy atom. The Hall–Kier alpha value is -2.93. The molecule has 1 aliphatic rings. The second-order valence-electron chi connectivity index (χ2n) is 5.45. The van der Waals surface area contributed by atoms with Gasteiger partial charge in [-0.3, -0.25) is 0 Å². The van der Waals surface area contributed by atoms with Gasteiger partial charge in [0.25, 0.3) is 0 Å². The highest BCUT2D eigenvalue weighted by Gasteiger charge is 2.17. The maximum Gasteiger partial charge on any atom is 0.231 e. The lowest BCUT2D eigenvalue weighted by molar-refractivity contribution is 0.174. The molecule has 0 aliphatic carbocycles. The van der Waals surface area contributed by atoms with E-state index in [9.17, 15) is 0 Å². The first-order valence-corrected chi connectivity index (χ1v) is 8.31. The van der Waals surface area contributed by atoms with E-state index in [0.29, 0.717) is 0 Å². The van der Waals surface area contributed by atoms with Gasteiger partial charge in [-0.1, -0.05) is 0 Å². The average molecular weight is 336 g/mol. The van der Waals surface area contributed by atoms with Crippen LogP contribution in [0.2, 0.25) is 0 Å². The molecular formula is C17H12N4O2S. The zero-order valence-corrected chi connectivity index (χ0v) is 13.6. The highest BCUT2D eigenvalue weighted by atomic mass is 32.1. The molecule has 0 saturated heterocycles. The number of hydrogen-bond acceptors (Lipinski definition) is 6. The van der Waals surface area contributed by atoms with Crippen molar-refractivity contribution >= 4 is 22.5 Å². The maximum absolute atomic E-state index is 5.44. The van der Waals surface area contributed by atoms with Crippen LogP contribution in [-0.2, 0) is 7.05 Å². The molecule has 1 aliphatic heterocycles. The van der Waals surface area contributed by atoms with E-state index < -0.39 is 0 Å². The molecule has 0 bridgehead atoms. The number of pyridine rings is 1. The van der Waals surface area contributed by atoms with Crippen molar-refractivity contribution in [3.05, 3.63) is 41.9 Å². The number of aromatic nitrogens is 4. The minimum absolute atomic E-state index is 0.273. The Morgan fingerprint density at radius 2 is 2.04 bits per heavy atom. The van der Waals surface area contributed by atoms with Gasteiger partial charge in [-0.2, -0.15) is 0 Å². The van der Waals surface area contributed by atoms with Crippen molar-refractivity contribution in [2.45, 2.75) is 0 Å². The van der Waals surface area contributed by atoms with Gasteiger partial charge in [-0.15, -0.1) is 11.3 Å². The second-order valence-corrected chi connectivity index (χ2v) is 6.30. The van der Waals surface area contributed by atoms with Crippen LogP contribution in [0.25, 0.3) is 33.3 Å². The molecule has 24 heavy (non-hydrogen) atoms. The van der Waals surface area contributed by atoms with Gasteiger partial charge in [0.15, 0.2) is 23.0 Å². The summed E-state index contributed by atoms with van der Waals surface area (Å²) < 4.78 is 12.8. The predicted molar refractivity (Wildman–Crippen MR) is 91.2 cm³/mol. The summed E-state index contributed by atoms with van der Waals surface area (Å²) in [6, 6.07) is 9.78. The quantitative estimate of drug-likeness (QED) is 0.561. The van der Waals surface area contributed by atoms with E-state index in [1.54, 1.807) is 17.5 Å². The Morgan fingerprint density at radius 1 is 1.12 bits per heavy atom. The summed E-state index contributed by atoms with van der Waals surface area (Å²) >= 11 is 1.58. The summed E-state index contributed by atoms with van der Waals surface area (Å²) in [5.41, 5.74) is 3.57. The van der Waals surface area contributed by atoms with Crippen LogP contribution in [-0.4, -0.2) is 26.3 Å². The smallest absolute Gasteiger partial charge is 0.231 e. The van der Waals surface area contributed by atoms with Gasteiger partial charge >= 0.3 is 0 Å². The van der Waals surface area contributed by atoms with Gasteiger partial charge < -0.3 is 14.0 Å². The van der Waals surface area contributed by atoms with Crippen LogP contribution in [0.1, 0.15) is 0 Å². The molecule has 5 rings (SSSR count). The first-order valence-electron chi connectivity index (χ1n) is 7.43. The molecule has 0 unspecified atom stereocenters. The van der Waals surface area contributed by atoms with Crippen LogP contribution >= 0.6 is 11.3 Å². The number of benzene rings is 1. The van der Waals surface area contributed by atoms with Crippen molar-refractivity contribution in [2.24, 2.45) is 7.05 Å². The molecule has 0 spiro atoms. The number of thiazole rings is 1. The highest BCUT2D eigenvalue weighted by Crippen LogP contribution is 2.37. The molecule has 7 heteroatoms. The predicted octanol–water partition coefficient (Wildman–Crippen LogP) is 3.49. The van der Waals surface area contributed by atoms with Crippen molar-refractivity contribution in [2.75, 3.05) is 6.79 Å². The molecule has 118 valence electrons. The molecule has 0 atom stereocenters. The van der Waals surface area contributed by atoms with Crippen LogP contribution in [0.3, 0.4) is 0 Å². The molecule has 0 N–H and O–H groups in total. The Kier molecular flexibility index (Phi) is 2.83. The first-order chi connectivity index (χ1) is 11.8. The number of ether oxygens (including phenoxy) is 2. The molecule has 0 saturated carbocycles. The number of imidazole rings is 1. The Bertz CT molecular complexity index is 1070. The van der Waals surface area contributed by atoms with E-state index in [0.717, 1.165) is 44.8 Å². The number of fused-ring (bicyclic) bond motifs is 2. The van der Waals surface area contributed by atoms with Crippen LogP contribution < -0.4 is 9.47 Å². The van der Waals surface area contributed by atoms with Crippen LogP contribution in [0.15, 0.2) is 41.9 Å². The molecular weight excluding hydrogens is 324 g/mol. The van der Waals surface area contributed by atoms with Gasteiger partial charge in [-0.05, 0) is 30.3 Å². The average Bonchev–Trinajstić information content (AvgIpc) is 3.32. The number of hydrogen-bond donors (Lipinski definition) is 0. The topological polar surface area (TPSA) is 62.1 Å². The SMILES string of the molecule is Cn1c(-c2csc(-c3ccc4c(c3)OCO4)n2)nc2ncccc21. The van der Waals surface area contributed by atoms with Crippen molar-refractivity contribution in [1.29, 1.82) is 0 Å². The molecule has 0 fully saturated rings. The normalized spacial score (nSPS) is 12.9. The van der Waals surface area contributed by atoms with Crippen LogP contribution in [0.4, 0.5) is 0 Å². The Balaban J connectivity index is 1.58. The van der Waals surface area contributed by atoms with Crippen molar-refractivity contribution in [3.8, 4) is 33.6 Å². The molecule has 0 radical (unpaired) electrons. The molecule has 0 amide bonds. The lowest BCUT2D eigenvalue weighted by Crippen LogP contribution is -1.93. The van der Waals surface area contributed by atoms with Gasteiger partial charge in [0.2, 0.25) is 6.79 Å². The zero-order valence-electron chi connectivity index (χ0n) is 12.8. The van der Waals surface area contributed by atoms with Gasteiger partial charge in [-0.25, -0.2) is 15.0 Å². The number of rotatable bonds is 2. The summed E-state index contributed by atoms with van der Waals surface area (Å²) in [4.78, 5) is 13.6. The summed E-state index contributed by atoms with van der Waals surface area (Å²) in [6.07, 6.45) is 1.75. The summed E-state index contributed by atoms with van der Waals surface area (Å²) in [5.74, 6) is 2.35. The fourth-order valence-electron chi connectivity index (χ4n) is 2.79.